The number of rotatable bonds is 9. The fraction of sp³-hybridized carbons (Fsp3) is 0.500. The van der Waals surface area contributed by atoms with Gasteiger partial charge in [0.25, 0.3) is 0 Å². The molecule has 8 heteroatoms. The van der Waals surface area contributed by atoms with Gasteiger partial charge >= 0.3 is 0 Å². The van der Waals surface area contributed by atoms with E-state index in [2.05, 4.69) is 6.92 Å². The van der Waals surface area contributed by atoms with Crippen molar-refractivity contribution in [3.63, 3.8) is 0 Å². The zero-order valence-corrected chi connectivity index (χ0v) is 25.9. The Bertz CT molecular complexity index is 1510. The maximum atomic E-state index is 12.1. The van der Waals surface area contributed by atoms with Crippen molar-refractivity contribution < 1.29 is 39.4 Å². The summed E-state index contributed by atoms with van der Waals surface area (Å²) in [6.07, 6.45) is 8.31. The van der Waals surface area contributed by atoms with E-state index in [4.69, 9.17) is 18.9 Å². The molecule has 4 N–H and O–H groups in total. The molecule has 0 spiro atoms. The van der Waals surface area contributed by atoms with Crippen molar-refractivity contribution in [2.24, 2.45) is 0 Å². The molecule has 1 saturated carbocycles. The maximum absolute atomic E-state index is 12.1. The van der Waals surface area contributed by atoms with Gasteiger partial charge < -0.3 is 39.4 Å². The number of unbranched alkanes of at least 4 members (excludes halogenated alkanes) is 2. The Hall–Kier alpha value is -3.78. The standard InChI is InChI=1S/C36H44O8/c1-4-5-7-12-25-31-24-15-13-20-17-21(37)14-16-23(20)30(24)27(41-2)19-28(31)44-35(32(25)38)26-18-29(34(40)36(42-3)33(26)39)43-22-10-8-6-9-11-22/h14,16-19,22,25,32,35,37-40H,4-13,15H2,1-3H3/t25-,32-,35+/m1/s1. The number of aryl methyl sites for hydroxylation is 1. The third kappa shape index (κ3) is 5.38. The molecule has 0 amide bonds. The van der Waals surface area contributed by atoms with E-state index in [-0.39, 0.29) is 40.8 Å². The summed E-state index contributed by atoms with van der Waals surface area (Å²) in [4.78, 5) is 0. The molecule has 3 aliphatic rings. The van der Waals surface area contributed by atoms with E-state index in [0.29, 0.717) is 23.5 Å². The monoisotopic (exact) mass is 604 g/mol. The summed E-state index contributed by atoms with van der Waals surface area (Å²) < 4.78 is 24.3. The van der Waals surface area contributed by atoms with Crippen LogP contribution in [0, 0.1) is 0 Å². The second-order valence-corrected chi connectivity index (χ2v) is 12.4. The molecule has 1 fully saturated rings. The van der Waals surface area contributed by atoms with Gasteiger partial charge in [-0.2, -0.15) is 0 Å². The predicted octanol–water partition coefficient (Wildman–Crippen LogP) is 7.46. The number of aromatic hydroxyl groups is 3. The number of ether oxygens (including phenoxy) is 4. The van der Waals surface area contributed by atoms with Gasteiger partial charge in [0.1, 0.15) is 23.4 Å². The van der Waals surface area contributed by atoms with Gasteiger partial charge in [-0.15, -0.1) is 0 Å². The summed E-state index contributed by atoms with van der Waals surface area (Å²) >= 11 is 0. The molecule has 6 rings (SSSR count). The lowest BCUT2D eigenvalue weighted by molar-refractivity contribution is -0.00477. The first kappa shape index (κ1) is 30.3. The zero-order valence-electron chi connectivity index (χ0n) is 25.9. The average molecular weight is 605 g/mol. The van der Waals surface area contributed by atoms with Gasteiger partial charge in [-0.3, -0.25) is 0 Å². The first-order valence-corrected chi connectivity index (χ1v) is 16.1. The quantitative estimate of drug-likeness (QED) is 0.186. The fourth-order valence-corrected chi connectivity index (χ4v) is 7.47. The number of phenolic OH excluding ortho intramolecular Hbond substituents is 3. The minimum atomic E-state index is -0.985. The van der Waals surface area contributed by atoms with Crippen molar-refractivity contribution in [1.29, 1.82) is 0 Å². The Balaban J connectivity index is 1.47. The molecule has 236 valence electrons. The lowest BCUT2D eigenvalue weighted by Gasteiger charge is -2.40. The number of aliphatic hydroxyl groups excluding tert-OH is 1. The van der Waals surface area contributed by atoms with Gasteiger partial charge in [-0.05, 0) is 79.8 Å². The van der Waals surface area contributed by atoms with Crippen LogP contribution in [0.4, 0.5) is 0 Å². The average Bonchev–Trinajstić information content (AvgIpc) is 3.03. The summed E-state index contributed by atoms with van der Waals surface area (Å²) in [5.41, 5.74) is 5.41. The second kappa shape index (κ2) is 12.7. The minimum Gasteiger partial charge on any atom is -0.508 e. The molecule has 0 radical (unpaired) electrons. The van der Waals surface area contributed by atoms with Crippen LogP contribution in [0.25, 0.3) is 11.1 Å². The van der Waals surface area contributed by atoms with E-state index in [1.54, 1.807) is 19.2 Å². The van der Waals surface area contributed by atoms with Gasteiger partial charge in [-0.1, -0.05) is 38.7 Å². The van der Waals surface area contributed by atoms with Crippen LogP contribution in [-0.4, -0.2) is 46.9 Å². The van der Waals surface area contributed by atoms with Crippen LogP contribution in [0.3, 0.4) is 0 Å². The number of methoxy groups -OCH3 is 2. The molecule has 3 aromatic rings. The molecule has 0 aromatic heterocycles. The SMILES string of the molecule is CCCCC[C@@H]1c2c(cc(OC)c3c2CCc2cc(O)ccc2-3)O[C@@H](c2cc(OC3CCCCC3)c(O)c(OC)c2O)[C@@H]1O. The largest absolute Gasteiger partial charge is 0.508 e. The normalized spacial score (nSPS) is 21.0. The lowest BCUT2D eigenvalue weighted by atomic mass is 9.74. The smallest absolute Gasteiger partial charge is 0.207 e. The van der Waals surface area contributed by atoms with Crippen molar-refractivity contribution in [3.05, 3.63) is 52.6 Å². The van der Waals surface area contributed by atoms with Crippen LogP contribution in [-0.2, 0) is 12.8 Å². The van der Waals surface area contributed by atoms with Gasteiger partial charge in [0.15, 0.2) is 17.6 Å². The first-order chi connectivity index (χ1) is 21.4. The van der Waals surface area contributed by atoms with Gasteiger partial charge in [0, 0.05) is 28.7 Å². The molecule has 1 aliphatic heterocycles. The Kier molecular flexibility index (Phi) is 8.72. The van der Waals surface area contributed by atoms with Crippen LogP contribution < -0.4 is 18.9 Å². The van der Waals surface area contributed by atoms with E-state index in [9.17, 15) is 20.4 Å². The fourth-order valence-electron chi connectivity index (χ4n) is 7.47. The Morgan fingerprint density at radius 1 is 0.886 bits per heavy atom. The van der Waals surface area contributed by atoms with Gasteiger partial charge in [0.05, 0.1) is 20.3 Å². The van der Waals surface area contributed by atoms with E-state index >= 15 is 0 Å². The summed E-state index contributed by atoms with van der Waals surface area (Å²) in [6, 6.07) is 8.92. The number of fused-ring (bicyclic) bond motifs is 5. The molecule has 8 nitrogen and oxygen atoms in total. The molecular formula is C36H44O8. The number of hydrogen-bond donors (Lipinski definition) is 4. The highest BCUT2D eigenvalue weighted by atomic mass is 16.5. The number of hydrogen-bond acceptors (Lipinski definition) is 8. The minimum absolute atomic E-state index is 0.0444. The van der Waals surface area contributed by atoms with Crippen molar-refractivity contribution >= 4 is 0 Å². The van der Waals surface area contributed by atoms with Crippen LogP contribution in [0.1, 0.15) is 99.0 Å². The van der Waals surface area contributed by atoms with Crippen molar-refractivity contribution in [3.8, 4) is 51.4 Å². The summed E-state index contributed by atoms with van der Waals surface area (Å²) in [5.74, 6) is 0.815. The Labute approximate surface area is 259 Å². The summed E-state index contributed by atoms with van der Waals surface area (Å²) in [5, 5.41) is 44.6. The Morgan fingerprint density at radius 3 is 2.41 bits per heavy atom. The van der Waals surface area contributed by atoms with Gasteiger partial charge in [-0.25, -0.2) is 0 Å². The van der Waals surface area contributed by atoms with Crippen molar-refractivity contribution in [2.75, 3.05) is 14.2 Å². The molecule has 3 atom stereocenters. The first-order valence-electron chi connectivity index (χ1n) is 16.1. The topological polar surface area (TPSA) is 118 Å². The highest BCUT2D eigenvalue weighted by molar-refractivity contribution is 5.82. The van der Waals surface area contributed by atoms with E-state index in [1.807, 2.05) is 18.2 Å². The third-order valence-electron chi connectivity index (χ3n) is 9.67. The molecule has 0 saturated heterocycles. The maximum Gasteiger partial charge on any atom is 0.207 e. The number of phenols is 3. The molecule has 44 heavy (non-hydrogen) atoms. The van der Waals surface area contributed by atoms with Gasteiger partial charge in [0.2, 0.25) is 11.5 Å². The molecule has 1 heterocycles. The van der Waals surface area contributed by atoms with E-state index in [0.717, 1.165) is 92.0 Å². The third-order valence-corrected chi connectivity index (χ3v) is 9.67. The number of aliphatic hydroxyl groups is 1. The molecule has 2 aliphatic carbocycles. The second-order valence-electron chi connectivity index (χ2n) is 12.4. The lowest BCUT2D eigenvalue weighted by Crippen LogP contribution is -2.36. The predicted molar refractivity (Wildman–Crippen MR) is 168 cm³/mol. The van der Waals surface area contributed by atoms with Crippen LogP contribution in [0.15, 0.2) is 30.3 Å². The highest BCUT2D eigenvalue weighted by Crippen LogP contribution is 2.56. The molecule has 0 bridgehead atoms. The number of benzene rings is 3. The van der Waals surface area contributed by atoms with Crippen molar-refractivity contribution in [2.45, 2.75) is 102 Å². The highest BCUT2D eigenvalue weighted by Gasteiger charge is 2.43. The van der Waals surface area contributed by atoms with E-state index < -0.39 is 12.2 Å². The van der Waals surface area contributed by atoms with E-state index in [1.165, 1.54) is 7.11 Å². The van der Waals surface area contributed by atoms with Crippen molar-refractivity contribution in [1.82, 2.24) is 0 Å². The summed E-state index contributed by atoms with van der Waals surface area (Å²) in [7, 11) is 3.02. The van der Waals surface area contributed by atoms with Crippen LogP contribution >= 0.6 is 0 Å². The Morgan fingerprint density at radius 2 is 1.68 bits per heavy atom. The molecular weight excluding hydrogens is 560 g/mol. The van der Waals surface area contributed by atoms with Crippen LogP contribution in [0.2, 0.25) is 0 Å². The molecule has 0 unspecified atom stereocenters. The van der Waals surface area contributed by atoms with Crippen LogP contribution in [0.5, 0.6) is 40.2 Å². The molecule has 3 aromatic carbocycles. The summed E-state index contributed by atoms with van der Waals surface area (Å²) in [6.45, 7) is 2.16. The zero-order chi connectivity index (χ0) is 31.0.